The van der Waals surface area contributed by atoms with Crippen molar-refractivity contribution in [3.05, 3.63) is 71.8 Å². The number of urea groups is 1. The zero-order valence-corrected chi connectivity index (χ0v) is 19.5. The Kier molecular flexibility index (Phi) is 5.67. The molecule has 9 heteroatoms. The zero-order valence-electron chi connectivity index (χ0n) is 18.7. The van der Waals surface area contributed by atoms with Gasteiger partial charge in [-0.1, -0.05) is 60.7 Å². The molecule has 4 amide bonds. The van der Waals surface area contributed by atoms with Crippen LogP contribution in [0.25, 0.3) is 0 Å². The first-order valence-corrected chi connectivity index (χ1v) is 13.4. The lowest BCUT2D eigenvalue weighted by Crippen LogP contribution is -2.50. The minimum Gasteiger partial charge on any atom is -0.334 e. The van der Waals surface area contributed by atoms with Crippen molar-refractivity contribution >= 4 is 27.7 Å². The first-order chi connectivity index (χ1) is 16.3. The summed E-state index contributed by atoms with van der Waals surface area (Å²) >= 11 is 0. The molecule has 0 bridgehead atoms. The maximum atomic E-state index is 13.8. The number of hydrogen-bond donors (Lipinski definition) is 1. The third-order valence-electron chi connectivity index (χ3n) is 6.88. The smallest absolute Gasteiger partial charge is 0.325 e. The van der Waals surface area contributed by atoms with E-state index in [1.165, 1.54) is 0 Å². The second-order valence-electron chi connectivity index (χ2n) is 9.34. The van der Waals surface area contributed by atoms with Crippen LogP contribution in [0.3, 0.4) is 0 Å². The van der Waals surface area contributed by atoms with Gasteiger partial charge in [-0.05, 0) is 30.4 Å². The maximum Gasteiger partial charge on any atom is 0.325 e. The number of benzene rings is 2. The Balaban J connectivity index is 1.42. The molecule has 0 spiro atoms. The summed E-state index contributed by atoms with van der Waals surface area (Å²) in [4.78, 5) is 42.8. The summed E-state index contributed by atoms with van der Waals surface area (Å²) in [7, 11) is -3.17. The van der Waals surface area contributed by atoms with E-state index in [1.54, 1.807) is 17.0 Å². The predicted octanol–water partition coefficient (Wildman–Crippen LogP) is 1.85. The average Bonchev–Trinajstić information content (AvgIpc) is 3.55. The fourth-order valence-corrected chi connectivity index (χ4v) is 6.79. The first-order valence-electron chi connectivity index (χ1n) is 11.5. The molecular weight excluding hydrogens is 454 g/mol. The van der Waals surface area contributed by atoms with Crippen molar-refractivity contribution < 1.29 is 22.8 Å². The summed E-state index contributed by atoms with van der Waals surface area (Å²) in [6.45, 7) is -0.402. The van der Waals surface area contributed by atoms with E-state index in [1.807, 2.05) is 48.5 Å². The number of nitrogens with one attached hydrogen (secondary N) is 1. The topological polar surface area (TPSA) is 104 Å². The van der Waals surface area contributed by atoms with Gasteiger partial charge < -0.3 is 10.2 Å². The summed E-state index contributed by atoms with van der Waals surface area (Å²) in [5.41, 5.74) is 0.207. The fourth-order valence-electron chi connectivity index (χ4n) is 5.08. The number of sulfone groups is 1. The number of amides is 4. The molecule has 1 N–H and O–H groups in total. The molecule has 178 valence electrons. The standard InChI is InChI=1S/C25H27N3O5S/c29-22(28(20-11-12-20)21-13-14-34(32,33)17-21)16-27-23(30)25(26-24(27)31,19-9-5-2-6-10-19)15-18-7-3-1-4-8-18/h1-10,20-21H,11-17H2,(H,26,31)/t21-,25-/m1/s1. The van der Waals surface area contributed by atoms with Crippen molar-refractivity contribution in [2.75, 3.05) is 18.1 Å². The number of hydrogen-bond acceptors (Lipinski definition) is 5. The molecule has 2 aliphatic heterocycles. The maximum absolute atomic E-state index is 13.8. The highest BCUT2D eigenvalue weighted by Crippen LogP contribution is 2.35. The summed E-state index contributed by atoms with van der Waals surface area (Å²) < 4.78 is 24.0. The molecule has 3 fully saturated rings. The van der Waals surface area contributed by atoms with Gasteiger partial charge in [-0.25, -0.2) is 13.2 Å². The minimum atomic E-state index is -3.17. The number of imide groups is 1. The van der Waals surface area contributed by atoms with Gasteiger partial charge in [0, 0.05) is 18.5 Å². The fraction of sp³-hybridized carbons (Fsp3) is 0.400. The molecule has 34 heavy (non-hydrogen) atoms. The van der Waals surface area contributed by atoms with E-state index >= 15 is 0 Å². The van der Waals surface area contributed by atoms with Crippen molar-refractivity contribution in [2.24, 2.45) is 0 Å². The minimum absolute atomic E-state index is 0.0187. The van der Waals surface area contributed by atoms with Crippen molar-refractivity contribution in [3.63, 3.8) is 0 Å². The highest BCUT2D eigenvalue weighted by molar-refractivity contribution is 7.91. The molecule has 2 atom stereocenters. The Hall–Kier alpha value is -3.20. The lowest BCUT2D eigenvalue weighted by molar-refractivity contribution is -0.140. The average molecular weight is 482 g/mol. The molecule has 0 aromatic heterocycles. The molecule has 8 nitrogen and oxygen atoms in total. The van der Waals surface area contributed by atoms with Crippen molar-refractivity contribution in [3.8, 4) is 0 Å². The van der Waals surface area contributed by atoms with Crippen LogP contribution >= 0.6 is 0 Å². The van der Waals surface area contributed by atoms with Gasteiger partial charge in [-0.3, -0.25) is 14.5 Å². The van der Waals surface area contributed by atoms with Gasteiger partial charge >= 0.3 is 6.03 Å². The van der Waals surface area contributed by atoms with E-state index < -0.39 is 39.9 Å². The van der Waals surface area contributed by atoms with E-state index in [-0.39, 0.29) is 29.9 Å². The summed E-state index contributed by atoms with van der Waals surface area (Å²) in [5.74, 6) is -0.851. The van der Waals surface area contributed by atoms with Crippen molar-refractivity contribution in [1.82, 2.24) is 15.1 Å². The van der Waals surface area contributed by atoms with Crippen LogP contribution in [0, 0.1) is 0 Å². The largest absolute Gasteiger partial charge is 0.334 e. The quantitative estimate of drug-likeness (QED) is 0.608. The van der Waals surface area contributed by atoms with Gasteiger partial charge in [-0.15, -0.1) is 0 Å². The van der Waals surface area contributed by atoms with Gasteiger partial charge in [0.15, 0.2) is 15.4 Å². The molecule has 3 aliphatic rings. The highest BCUT2D eigenvalue weighted by atomic mass is 32.2. The molecule has 2 aromatic rings. The van der Waals surface area contributed by atoms with Crippen LogP contribution < -0.4 is 5.32 Å². The van der Waals surface area contributed by atoms with Gasteiger partial charge in [0.25, 0.3) is 5.91 Å². The summed E-state index contributed by atoms with van der Waals surface area (Å²) in [5, 5.41) is 2.87. The third kappa shape index (κ3) is 4.20. The SMILES string of the molecule is O=C1N[C@](Cc2ccccc2)(c2ccccc2)C(=O)N1CC(=O)N(C1CC1)[C@@H]1CCS(=O)(=O)C1. The zero-order chi connectivity index (χ0) is 23.9. The van der Waals surface area contributed by atoms with E-state index in [9.17, 15) is 22.8 Å². The van der Waals surface area contributed by atoms with Crippen LogP contribution in [0.2, 0.25) is 0 Å². The van der Waals surface area contributed by atoms with Crippen LogP contribution in [0.4, 0.5) is 4.79 Å². The second-order valence-corrected chi connectivity index (χ2v) is 11.6. The Morgan fingerprint density at radius 1 is 0.971 bits per heavy atom. The van der Waals surface area contributed by atoms with Crippen LogP contribution in [0.5, 0.6) is 0 Å². The number of carbonyl (C=O) groups is 3. The summed E-state index contributed by atoms with van der Waals surface area (Å²) in [6.07, 6.45) is 2.27. The number of rotatable bonds is 7. The van der Waals surface area contributed by atoms with Crippen LogP contribution in [0.15, 0.2) is 60.7 Å². The Bertz CT molecular complexity index is 1210. The van der Waals surface area contributed by atoms with Crippen LogP contribution in [-0.2, 0) is 31.4 Å². The summed E-state index contributed by atoms with van der Waals surface area (Å²) in [6, 6.07) is 17.4. The van der Waals surface area contributed by atoms with Gasteiger partial charge in [-0.2, -0.15) is 0 Å². The van der Waals surface area contributed by atoms with Crippen LogP contribution in [0.1, 0.15) is 30.4 Å². The van der Waals surface area contributed by atoms with E-state index in [0.29, 0.717) is 12.0 Å². The van der Waals surface area contributed by atoms with Crippen molar-refractivity contribution in [2.45, 2.75) is 43.3 Å². The lowest BCUT2D eigenvalue weighted by Gasteiger charge is -2.30. The number of nitrogens with zero attached hydrogens (tertiary/aromatic N) is 2. The monoisotopic (exact) mass is 481 g/mol. The van der Waals surface area contributed by atoms with Gasteiger partial charge in [0.2, 0.25) is 5.91 Å². The Morgan fingerprint density at radius 2 is 1.62 bits per heavy atom. The molecular formula is C25H27N3O5S. The molecule has 5 rings (SSSR count). The second kappa shape index (κ2) is 8.54. The molecule has 0 radical (unpaired) electrons. The van der Waals surface area contributed by atoms with Crippen molar-refractivity contribution in [1.29, 1.82) is 0 Å². The third-order valence-corrected chi connectivity index (χ3v) is 8.63. The molecule has 0 unspecified atom stereocenters. The molecule has 1 aliphatic carbocycles. The predicted molar refractivity (Wildman–Crippen MR) is 125 cm³/mol. The Labute approximate surface area is 198 Å². The molecule has 2 saturated heterocycles. The van der Waals surface area contributed by atoms with Gasteiger partial charge in [0.05, 0.1) is 11.5 Å². The van der Waals surface area contributed by atoms with E-state index in [4.69, 9.17) is 0 Å². The van der Waals surface area contributed by atoms with Gasteiger partial charge in [0.1, 0.15) is 6.54 Å². The van der Waals surface area contributed by atoms with E-state index in [0.717, 1.165) is 23.3 Å². The Morgan fingerprint density at radius 3 is 2.21 bits per heavy atom. The van der Waals surface area contributed by atoms with Crippen LogP contribution in [-0.4, -0.2) is 66.2 Å². The molecule has 2 aromatic carbocycles. The molecule has 2 heterocycles. The number of carbonyl (C=O) groups excluding carboxylic acids is 3. The van der Waals surface area contributed by atoms with E-state index in [2.05, 4.69) is 5.32 Å². The normalized spacial score (nSPS) is 25.9. The highest BCUT2D eigenvalue weighted by Gasteiger charge is 2.53. The first kappa shape index (κ1) is 22.6. The molecule has 1 saturated carbocycles. The lowest BCUT2D eigenvalue weighted by atomic mass is 9.83.